The van der Waals surface area contributed by atoms with Crippen molar-refractivity contribution in [3.8, 4) is 0 Å². The maximum Gasteiger partial charge on any atom is 0.101 e. The van der Waals surface area contributed by atoms with E-state index in [1.54, 1.807) is 0 Å². The maximum atomic E-state index is 4.47. The van der Waals surface area contributed by atoms with Crippen molar-refractivity contribution in [3.05, 3.63) is 11.3 Å². The van der Waals surface area contributed by atoms with Crippen LogP contribution < -0.4 is 0 Å². The molecule has 0 unspecified atom stereocenters. The van der Waals surface area contributed by atoms with Crippen LogP contribution in [-0.4, -0.2) is 24.3 Å². The van der Waals surface area contributed by atoms with Crippen LogP contribution in [0.15, 0.2) is 16.3 Å². The summed E-state index contributed by atoms with van der Waals surface area (Å²) in [6, 6.07) is 0. The molecule has 2 heteroatoms. The minimum atomic E-state index is 1.01. The Morgan fingerprint density at radius 2 is 1.67 bits per heavy atom. The van der Waals surface area contributed by atoms with Gasteiger partial charge in [0, 0.05) is 19.3 Å². The van der Waals surface area contributed by atoms with Gasteiger partial charge in [-0.1, -0.05) is 5.57 Å². The molecule has 0 aromatic carbocycles. The van der Waals surface area contributed by atoms with E-state index in [9.17, 15) is 0 Å². The van der Waals surface area contributed by atoms with Gasteiger partial charge in [-0.25, -0.2) is 4.99 Å². The molecule has 0 atom stereocenters. The highest BCUT2D eigenvalue weighted by molar-refractivity contribution is 5.80. The van der Waals surface area contributed by atoms with E-state index in [-0.39, 0.29) is 0 Å². The van der Waals surface area contributed by atoms with Gasteiger partial charge < -0.3 is 4.90 Å². The predicted molar refractivity (Wildman–Crippen MR) is 55.5 cm³/mol. The van der Waals surface area contributed by atoms with Crippen molar-refractivity contribution in [2.45, 2.75) is 34.6 Å². The number of rotatable bonds is 2. The molecule has 0 spiro atoms. The molecule has 0 N–H and O–H groups in total. The summed E-state index contributed by atoms with van der Waals surface area (Å²) < 4.78 is 0. The smallest absolute Gasteiger partial charge is 0.101 e. The fourth-order valence-electron chi connectivity index (χ4n) is 0.669. The summed E-state index contributed by atoms with van der Waals surface area (Å²) in [7, 11) is 2.05. The fraction of sp³-hybridized carbons (Fsp3) is 0.700. The van der Waals surface area contributed by atoms with Crippen molar-refractivity contribution in [3.63, 3.8) is 0 Å². The maximum absolute atomic E-state index is 4.47. The standard InChI is InChI=1S/C10H20N2/c1-7-12(6)10(5)11-9(4)8(2)3/h7H2,1-6H3. The zero-order valence-corrected chi connectivity index (χ0v) is 9.10. The van der Waals surface area contributed by atoms with E-state index < -0.39 is 0 Å². The van der Waals surface area contributed by atoms with E-state index in [1.165, 1.54) is 5.57 Å². The monoisotopic (exact) mass is 168 g/mol. The summed E-state index contributed by atoms with van der Waals surface area (Å²) in [5, 5.41) is 0. The fourth-order valence-corrected chi connectivity index (χ4v) is 0.669. The summed E-state index contributed by atoms with van der Waals surface area (Å²) in [5.41, 5.74) is 2.40. The van der Waals surface area contributed by atoms with Gasteiger partial charge in [0.25, 0.3) is 0 Å². The molecule has 12 heavy (non-hydrogen) atoms. The molecular formula is C10H20N2. The molecular weight excluding hydrogens is 148 g/mol. The Labute approximate surface area is 76.0 Å². The number of hydrogen-bond acceptors (Lipinski definition) is 1. The lowest BCUT2D eigenvalue weighted by Crippen LogP contribution is -2.23. The first-order valence-electron chi connectivity index (χ1n) is 4.39. The molecule has 0 saturated heterocycles. The van der Waals surface area contributed by atoms with Crippen LogP contribution in [0.4, 0.5) is 0 Å². The molecule has 0 aliphatic carbocycles. The Morgan fingerprint density at radius 3 is 2.00 bits per heavy atom. The Morgan fingerprint density at radius 1 is 1.17 bits per heavy atom. The molecule has 0 rings (SSSR count). The molecule has 0 aromatic heterocycles. The van der Waals surface area contributed by atoms with Gasteiger partial charge in [0.15, 0.2) is 0 Å². The lowest BCUT2D eigenvalue weighted by molar-refractivity contribution is 0.531. The van der Waals surface area contributed by atoms with E-state index >= 15 is 0 Å². The number of allylic oxidation sites excluding steroid dienone is 2. The molecule has 0 aliphatic rings. The van der Waals surface area contributed by atoms with Crippen LogP contribution in [0.2, 0.25) is 0 Å². The summed E-state index contributed by atoms with van der Waals surface area (Å²) in [4.78, 5) is 6.60. The van der Waals surface area contributed by atoms with Gasteiger partial charge in [-0.3, -0.25) is 0 Å². The van der Waals surface area contributed by atoms with Crippen molar-refractivity contribution in [1.29, 1.82) is 0 Å². The lowest BCUT2D eigenvalue weighted by Gasteiger charge is -2.15. The van der Waals surface area contributed by atoms with Crippen LogP contribution in [0, 0.1) is 0 Å². The summed E-state index contributed by atoms with van der Waals surface area (Å²) in [6.45, 7) is 11.4. The quantitative estimate of drug-likeness (QED) is 0.457. The van der Waals surface area contributed by atoms with E-state index in [0.29, 0.717) is 0 Å². The van der Waals surface area contributed by atoms with Crippen molar-refractivity contribution in [2.75, 3.05) is 13.6 Å². The topological polar surface area (TPSA) is 15.6 Å². The first kappa shape index (κ1) is 11.2. The third kappa shape index (κ3) is 3.56. The van der Waals surface area contributed by atoms with E-state index in [4.69, 9.17) is 0 Å². The first-order valence-corrected chi connectivity index (χ1v) is 4.39. The van der Waals surface area contributed by atoms with Crippen LogP contribution >= 0.6 is 0 Å². The number of nitrogens with zero attached hydrogens (tertiary/aromatic N) is 2. The SMILES string of the molecule is CCN(C)C(C)=NC(C)=C(C)C. The average molecular weight is 168 g/mol. The molecule has 0 fully saturated rings. The Bertz CT molecular complexity index is 198. The zero-order chi connectivity index (χ0) is 9.72. The summed E-state index contributed by atoms with van der Waals surface area (Å²) >= 11 is 0. The van der Waals surface area contributed by atoms with Crippen molar-refractivity contribution < 1.29 is 0 Å². The molecule has 0 aliphatic heterocycles. The second-order valence-electron chi connectivity index (χ2n) is 3.26. The minimum Gasteiger partial charge on any atom is -0.364 e. The second kappa shape index (κ2) is 4.96. The van der Waals surface area contributed by atoms with Gasteiger partial charge >= 0.3 is 0 Å². The highest BCUT2D eigenvalue weighted by Crippen LogP contribution is 2.04. The molecule has 0 radical (unpaired) electrons. The van der Waals surface area contributed by atoms with Crippen molar-refractivity contribution >= 4 is 5.84 Å². The van der Waals surface area contributed by atoms with Gasteiger partial charge in [0.05, 0.1) is 0 Å². The largest absolute Gasteiger partial charge is 0.364 e. The van der Waals surface area contributed by atoms with Crippen LogP contribution in [0.5, 0.6) is 0 Å². The molecule has 0 heterocycles. The van der Waals surface area contributed by atoms with Crippen LogP contribution in [-0.2, 0) is 0 Å². The average Bonchev–Trinajstić information content (AvgIpc) is 2.02. The predicted octanol–water partition coefficient (Wildman–Crippen LogP) is 2.67. The first-order chi connectivity index (χ1) is 5.49. The van der Waals surface area contributed by atoms with Crippen molar-refractivity contribution in [1.82, 2.24) is 4.90 Å². The Balaban J connectivity index is 4.46. The zero-order valence-electron chi connectivity index (χ0n) is 9.10. The Kier molecular flexibility index (Phi) is 4.64. The van der Waals surface area contributed by atoms with E-state index in [2.05, 4.69) is 37.7 Å². The van der Waals surface area contributed by atoms with Crippen LogP contribution in [0.25, 0.3) is 0 Å². The Hall–Kier alpha value is -0.790. The van der Waals surface area contributed by atoms with Crippen LogP contribution in [0.3, 0.4) is 0 Å². The molecule has 0 saturated carbocycles. The number of aliphatic imine (C=N–C) groups is 1. The van der Waals surface area contributed by atoms with Gasteiger partial charge in [0.2, 0.25) is 0 Å². The highest BCUT2D eigenvalue weighted by atomic mass is 15.1. The third-order valence-electron chi connectivity index (χ3n) is 2.08. The van der Waals surface area contributed by atoms with Gasteiger partial charge in [0.1, 0.15) is 5.84 Å². The lowest BCUT2D eigenvalue weighted by atomic mass is 10.3. The summed E-state index contributed by atoms with van der Waals surface area (Å²) in [5.74, 6) is 1.08. The van der Waals surface area contributed by atoms with Gasteiger partial charge in [-0.05, 0) is 34.6 Å². The van der Waals surface area contributed by atoms with Crippen molar-refractivity contribution in [2.24, 2.45) is 4.99 Å². The van der Waals surface area contributed by atoms with Crippen LogP contribution in [0.1, 0.15) is 34.6 Å². The summed E-state index contributed by atoms with van der Waals surface area (Å²) in [6.07, 6.45) is 0. The number of amidine groups is 1. The minimum absolute atomic E-state index is 1.01. The molecule has 0 bridgehead atoms. The highest BCUT2D eigenvalue weighted by Gasteiger charge is 1.96. The van der Waals surface area contributed by atoms with E-state index in [1.807, 2.05) is 13.8 Å². The van der Waals surface area contributed by atoms with Gasteiger partial charge in [-0.2, -0.15) is 0 Å². The number of hydrogen-bond donors (Lipinski definition) is 0. The third-order valence-corrected chi connectivity index (χ3v) is 2.08. The molecule has 0 amide bonds. The van der Waals surface area contributed by atoms with E-state index in [0.717, 1.165) is 18.1 Å². The second-order valence-corrected chi connectivity index (χ2v) is 3.26. The molecule has 70 valence electrons. The van der Waals surface area contributed by atoms with Gasteiger partial charge in [-0.15, -0.1) is 0 Å². The molecule has 0 aromatic rings. The molecule has 2 nitrogen and oxygen atoms in total. The normalized spacial score (nSPS) is 11.3.